The Morgan fingerprint density at radius 2 is 2.15 bits per heavy atom. The number of nitrogens with zero attached hydrogens (tertiary/aromatic N) is 1. The monoisotopic (exact) mass is 335 g/mol. The summed E-state index contributed by atoms with van der Waals surface area (Å²) in [4.78, 5) is 11.5. The zero-order valence-electron chi connectivity index (χ0n) is 10.6. The number of esters is 1. The number of benzene rings is 1. The number of carbonyl (C=O) groups is 1. The van der Waals surface area contributed by atoms with Crippen LogP contribution >= 0.6 is 15.9 Å². The molecule has 0 spiro atoms. The summed E-state index contributed by atoms with van der Waals surface area (Å²) in [5, 5.41) is 4.61. The van der Waals surface area contributed by atoms with Crippen molar-refractivity contribution in [2.24, 2.45) is 0 Å². The van der Waals surface area contributed by atoms with Crippen molar-refractivity contribution >= 4 is 32.9 Å². The molecule has 0 unspecified atom stereocenters. The van der Waals surface area contributed by atoms with Gasteiger partial charge in [-0.1, -0.05) is 21.1 Å². The molecular weight excluding hydrogens is 326 g/mol. The van der Waals surface area contributed by atoms with Crippen LogP contribution in [0.1, 0.15) is 17.4 Å². The van der Waals surface area contributed by atoms with Gasteiger partial charge in [0.1, 0.15) is 5.58 Å². The summed E-state index contributed by atoms with van der Waals surface area (Å²) in [5.74, 6) is 0.392. The Balaban J connectivity index is 1.96. The van der Waals surface area contributed by atoms with E-state index in [1.165, 1.54) is 6.07 Å². The molecule has 0 fully saturated rings. The van der Waals surface area contributed by atoms with E-state index < -0.39 is 5.97 Å². The molecule has 0 aliphatic heterocycles. The maximum Gasteiger partial charge on any atom is 0.360 e. The number of hydrogen-bond acceptors (Lipinski definition) is 5. The van der Waals surface area contributed by atoms with Crippen molar-refractivity contribution in [1.29, 1.82) is 0 Å². The molecule has 0 amide bonds. The summed E-state index contributed by atoms with van der Waals surface area (Å²) in [6.45, 7) is 2.02. The van der Waals surface area contributed by atoms with Crippen molar-refractivity contribution in [3.63, 3.8) is 0 Å². The molecule has 6 heteroatoms. The minimum absolute atomic E-state index is 0.128. The predicted octanol–water partition coefficient (Wildman–Crippen LogP) is 4.03. The maximum atomic E-state index is 11.5. The normalized spacial score (nSPS) is 10.9. The van der Waals surface area contributed by atoms with E-state index in [1.807, 2.05) is 24.3 Å². The summed E-state index contributed by atoms with van der Waals surface area (Å²) in [6, 6.07) is 9.01. The largest absolute Gasteiger partial charge is 0.461 e. The van der Waals surface area contributed by atoms with Crippen LogP contribution in [0.3, 0.4) is 0 Å². The SMILES string of the molecule is CCOC(=O)c1cc(-c2cc3cc(Br)ccc3o2)on1. The van der Waals surface area contributed by atoms with Crippen molar-refractivity contribution in [3.8, 4) is 11.5 Å². The molecule has 3 rings (SSSR count). The third-order valence-electron chi connectivity index (χ3n) is 2.72. The number of carbonyl (C=O) groups excluding carboxylic acids is 1. The number of halogens is 1. The van der Waals surface area contributed by atoms with Gasteiger partial charge >= 0.3 is 5.97 Å². The molecule has 0 aliphatic carbocycles. The fraction of sp³-hybridized carbons (Fsp3) is 0.143. The Kier molecular flexibility index (Phi) is 3.31. The Hall–Kier alpha value is -2.08. The van der Waals surface area contributed by atoms with Crippen LogP contribution in [-0.4, -0.2) is 17.7 Å². The van der Waals surface area contributed by atoms with E-state index in [2.05, 4.69) is 21.1 Å². The van der Waals surface area contributed by atoms with Crippen LogP contribution in [0.2, 0.25) is 0 Å². The fourth-order valence-electron chi connectivity index (χ4n) is 1.83. The highest BCUT2D eigenvalue weighted by Gasteiger charge is 2.17. The van der Waals surface area contributed by atoms with E-state index in [1.54, 1.807) is 6.92 Å². The molecule has 2 aromatic heterocycles. The van der Waals surface area contributed by atoms with Crippen molar-refractivity contribution < 1.29 is 18.5 Å². The molecular formula is C14H10BrNO4. The Labute approximate surface area is 122 Å². The van der Waals surface area contributed by atoms with Crippen molar-refractivity contribution in [2.75, 3.05) is 6.61 Å². The highest BCUT2D eigenvalue weighted by Crippen LogP contribution is 2.30. The van der Waals surface area contributed by atoms with Crippen LogP contribution in [-0.2, 0) is 4.74 Å². The molecule has 0 aliphatic rings. The van der Waals surface area contributed by atoms with E-state index in [-0.39, 0.29) is 5.69 Å². The predicted molar refractivity (Wildman–Crippen MR) is 75.4 cm³/mol. The van der Waals surface area contributed by atoms with Gasteiger partial charge in [0.15, 0.2) is 11.5 Å². The average Bonchev–Trinajstić information content (AvgIpc) is 3.04. The highest BCUT2D eigenvalue weighted by atomic mass is 79.9. The maximum absolute atomic E-state index is 11.5. The summed E-state index contributed by atoms with van der Waals surface area (Å²) in [6.07, 6.45) is 0. The van der Waals surface area contributed by atoms with Gasteiger partial charge in [-0.2, -0.15) is 0 Å². The van der Waals surface area contributed by atoms with Crippen LogP contribution < -0.4 is 0 Å². The Morgan fingerprint density at radius 3 is 2.95 bits per heavy atom. The second-order valence-electron chi connectivity index (χ2n) is 4.09. The van der Waals surface area contributed by atoms with Gasteiger partial charge in [0.05, 0.1) is 6.61 Å². The molecule has 0 saturated carbocycles. The lowest BCUT2D eigenvalue weighted by Gasteiger charge is -1.94. The zero-order valence-corrected chi connectivity index (χ0v) is 12.1. The summed E-state index contributed by atoms with van der Waals surface area (Å²) in [7, 11) is 0. The Bertz CT molecular complexity index is 774. The third kappa shape index (κ3) is 2.34. The molecule has 0 bridgehead atoms. The van der Waals surface area contributed by atoms with Gasteiger partial charge in [-0.05, 0) is 31.2 Å². The lowest BCUT2D eigenvalue weighted by Crippen LogP contribution is -2.04. The first-order valence-electron chi connectivity index (χ1n) is 6.00. The quantitative estimate of drug-likeness (QED) is 0.676. The van der Waals surface area contributed by atoms with Gasteiger partial charge in [0.25, 0.3) is 0 Å². The first-order valence-corrected chi connectivity index (χ1v) is 6.80. The second-order valence-corrected chi connectivity index (χ2v) is 5.01. The average molecular weight is 336 g/mol. The van der Waals surface area contributed by atoms with Crippen molar-refractivity contribution in [3.05, 3.63) is 40.5 Å². The molecule has 3 aromatic rings. The minimum atomic E-state index is -0.513. The lowest BCUT2D eigenvalue weighted by molar-refractivity contribution is 0.0514. The molecule has 1 aromatic carbocycles. The molecule has 102 valence electrons. The van der Waals surface area contributed by atoms with Gasteiger partial charge in [0.2, 0.25) is 5.76 Å². The van der Waals surface area contributed by atoms with Gasteiger partial charge in [-0.25, -0.2) is 4.79 Å². The summed E-state index contributed by atoms with van der Waals surface area (Å²) in [5.41, 5.74) is 0.862. The van der Waals surface area contributed by atoms with Crippen molar-refractivity contribution in [2.45, 2.75) is 6.92 Å². The second kappa shape index (κ2) is 5.13. The van der Waals surface area contributed by atoms with E-state index in [9.17, 15) is 4.79 Å². The van der Waals surface area contributed by atoms with E-state index >= 15 is 0 Å². The van der Waals surface area contributed by atoms with E-state index in [4.69, 9.17) is 13.7 Å². The Morgan fingerprint density at radius 1 is 1.30 bits per heavy atom. The third-order valence-corrected chi connectivity index (χ3v) is 3.21. The first kappa shape index (κ1) is 12.9. The smallest absolute Gasteiger partial charge is 0.360 e. The number of aromatic nitrogens is 1. The van der Waals surface area contributed by atoms with Crippen LogP contribution in [0.4, 0.5) is 0 Å². The van der Waals surface area contributed by atoms with Gasteiger partial charge < -0.3 is 13.7 Å². The van der Waals surface area contributed by atoms with Crippen LogP contribution in [0.5, 0.6) is 0 Å². The molecule has 0 saturated heterocycles. The number of furan rings is 1. The van der Waals surface area contributed by atoms with Crippen LogP contribution in [0, 0.1) is 0 Å². The topological polar surface area (TPSA) is 65.5 Å². The summed E-state index contributed by atoms with van der Waals surface area (Å²) >= 11 is 3.40. The number of rotatable bonds is 3. The number of hydrogen-bond donors (Lipinski definition) is 0. The molecule has 2 heterocycles. The summed E-state index contributed by atoms with van der Waals surface area (Å²) < 4.78 is 16.6. The fourth-order valence-corrected chi connectivity index (χ4v) is 2.21. The van der Waals surface area contributed by atoms with Crippen molar-refractivity contribution in [1.82, 2.24) is 5.16 Å². The standard InChI is InChI=1S/C14H10BrNO4/c1-2-18-14(17)10-7-13(20-16-10)12-6-8-5-9(15)3-4-11(8)19-12/h3-7H,2H2,1H3. The number of fused-ring (bicyclic) bond motifs is 1. The van der Waals surface area contributed by atoms with Crippen LogP contribution in [0.15, 0.2) is 43.7 Å². The van der Waals surface area contributed by atoms with E-state index in [0.717, 1.165) is 15.4 Å². The molecule has 0 radical (unpaired) electrons. The molecule has 0 N–H and O–H groups in total. The lowest BCUT2D eigenvalue weighted by atomic mass is 10.2. The number of ether oxygens (including phenoxy) is 1. The van der Waals surface area contributed by atoms with E-state index in [0.29, 0.717) is 18.1 Å². The van der Waals surface area contributed by atoms with Gasteiger partial charge in [0, 0.05) is 15.9 Å². The minimum Gasteiger partial charge on any atom is -0.461 e. The zero-order chi connectivity index (χ0) is 14.1. The molecule has 20 heavy (non-hydrogen) atoms. The first-order chi connectivity index (χ1) is 9.67. The molecule has 0 atom stereocenters. The van der Waals surface area contributed by atoms with Gasteiger partial charge in [-0.15, -0.1) is 0 Å². The molecule has 5 nitrogen and oxygen atoms in total. The highest BCUT2D eigenvalue weighted by molar-refractivity contribution is 9.10. The van der Waals surface area contributed by atoms with Crippen LogP contribution in [0.25, 0.3) is 22.5 Å². The van der Waals surface area contributed by atoms with Gasteiger partial charge in [-0.3, -0.25) is 0 Å².